The number of carbonyl (C=O) groups excluding carboxylic acids is 2. The number of benzene rings is 3. The molecule has 0 fully saturated rings. The number of hydrogen-bond donors (Lipinski definition) is 1. The normalized spacial score (nSPS) is 12.0. The van der Waals surface area contributed by atoms with Crippen molar-refractivity contribution in [2.24, 2.45) is 0 Å². The van der Waals surface area contributed by atoms with E-state index in [0.29, 0.717) is 27.2 Å². The van der Waals surface area contributed by atoms with E-state index in [0.717, 1.165) is 16.1 Å². The number of amides is 2. The van der Waals surface area contributed by atoms with E-state index in [1.807, 2.05) is 30.3 Å². The lowest BCUT2D eigenvalue weighted by atomic mass is 10.0. The second-order valence-electron chi connectivity index (χ2n) is 8.57. The first-order chi connectivity index (χ1) is 18.0. The fourth-order valence-corrected chi connectivity index (χ4v) is 5.41. The Labute approximate surface area is 238 Å². The van der Waals surface area contributed by atoms with Gasteiger partial charge in [0.1, 0.15) is 12.6 Å². The first-order valence-corrected chi connectivity index (χ1v) is 14.8. The molecule has 0 saturated carbocycles. The van der Waals surface area contributed by atoms with Gasteiger partial charge in [0.05, 0.1) is 11.9 Å². The summed E-state index contributed by atoms with van der Waals surface area (Å²) in [5.41, 5.74) is 1.53. The molecule has 2 amide bonds. The molecule has 1 N–H and O–H groups in total. The summed E-state index contributed by atoms with van der Waals surface area (Å²) in [6, 6.07) is 19.3. The van der Waals surface area contributed by atoms with Gasteiger partial charge < -0.3 is 10.2 Å². The van der Waals surface area contributed by atoms with Crippen LogP contribution in [-0.2, 0) is 32.6 Å². The topological polar surface area (TPSA) is 86.8 Å². The number of hydrogen-bond acceptors (Lipinski definition) is 4. The van der Waals surface area contributed by atoms with Gasteiger partial charge in [0.2, 0.25) is 21.8 Å². The van der Waals surface area contributed by atoms with E-state index < -0.39 is 28.5 Å². The molecule has 0 bridgehead atoms. The molecule has 0 aromatic heterocycles. The second-order valence-corrected chi connectivity index (χ2v) is 11.7. The molecule has 0 aliphatic rings. The van der Waals surface area contributed by atoms with Gasteiger partial charge in [-0.2, -0.15) is 0 Å². The molecule has 3 aromatic carbocycles. The molecule has 0 saturated heterocycles. The van der Waals surface area contributed by atoms with E-state index in [1.165, 1.54) is 29.2 Å². The van der Waals surface area contributed by atoms with Gasteiger partial charge in [0.15, 0.2) is 0 Å². The Morgan fingerprint density at radius 1 is 0.895 bits per heavy atom. The van der Waals surface area contributed by atoms with Crippen LogP contribution in [0.4, 0.5) is 5.69 Å². The lowest BCUT2D eigenvalue weighted by molar-refractivity contribution is -0.140. The summed E-state index contributed by atoms with van der Waals surface area (Å²) in [6.45, 7) is 1.47. The molecule has 7 nitrogen and oxygen atoms in total. The van der Waals surface area contributed by atoms with Crippen LogP contribution in [0, 0.1) is 0 Å². The van der Waals surface area contributed by atoms with Crippen molar-refractivity contribution in [3.63, 3.8) is 0 Å². The quantitative estimate of drug-likeness (QED) is 0.330. The van der Waals surface area contributed by atoms with Crippen molar-refractivity contribution in [1.82, 2.24) is 10.2 Å². The third-order valence-corrected chi connectivity index (χ3v) is 7.91. The van der Waals surface area contributed by atoms with Crippen LogP contribution in [0.3, 0.4) is 0 Å². The number of likely N-dealkylation sites (N-methyl/N-ethyl adjacent to an activating group) is 1. The Kier molecular flexibility index (Phi) is 10.4. The summed E-state index contributed by atoms with van der Waals surface area (Å²) >= 11 is 18.8. The third-order valence-electron chi connectivity index (χ3n) is 5.81. The zero-order valence-electron chi connectivity index (χ0n) is 20.9. The standard InChI is InChI=1S/C27H28Cl3N3O4S/c1-3-31-27(35)25(16-19-8-5-4-6-9-19)32(17-22-23(29)10-7-11-24(22)30)26(34)18-33(38(2,36)37)21-14-12-20(28)13-15-21/h4-15,25H,3,16-18H2,1-2H3,(H,31,35)/t25-/m0/s1. The van der Waals surface area contributed by atoms with Gasteiger partial charge in [0.25, 0.3) is 0 Å². The van der Waals surface area contributed by atoms with Gasteiger partial charge in [-0.05, 0) is 48.9 Å². The number of rotatable bonds is 11. The van der Waals surface area contributed by atoms with Crippen molar-refractivity contribution in [3.8, 4) is 0 Å². The zero-order chi connectivity index (χ0) is 27.9. The van der Waals surface area contributed by atoms with Crippen LogP contribution < -0.4 is 9.62 Å². The van der Waals surface area contributed by atoms with Crippen LogP contribution in [0.2, 0.25) is 15.1 Å². The van der Waals surface area contributed by atoms with Crippen LogP contribution in [0.1, 0.15) is 18.1 Å². The summed E-state index contributed by atoms with van der Waals surface area (Å²) in [7, 11) is -3.87. The summed E-state index contributed by atoms with van der Waals surface area (Å²) < 4.78 is 26.5. The molecule has 0 unspecified atom stereocenters. The van der Waals surface area contributed by atoms with Gasteiger partial charge >= 0.3 is 0 Å². The monoisotopic (exact) mass is 595 g/mol. The Balaban J connectivity index is 2.08. The van der Waals surface area contributed by atoms with Gasteiger partial charge in [-0.3, -0.25) is 13.9 Å². The number of sulfonamides is 1. The van der Waals surface area contributed by atoms with E-state index in [2.05, 4.69) is 5.32 Å². The zero-order valence-corrected chi connectivity index (χ0v) is 24.0. The van der Waals surface area contributed by atoms with Crippen LogP contribution in [0.15, 0.2) is 72.8 Å². The van der Waals surface area contributed by atoms with Crippen molar-refractivity contribution in [2.45, 2.75) is 25.9 Å². The molecule has 3 aromatic rings. The highest BCUT2D eigenvalue weighted by molar-refractivity contribution is 7.92. The van der Waals surface area contributed by atoms with E-state index in [9.17, 15) is 18.0 Å². The largest absolute Gasteiger partial charge is 0.355 e. The molecule has 0 spiro atoms. The molecule has 38 heavy (non-hydrogen) atoms. The maximum Gasteiger partial charge on any atom is 0.244 e. The van der Waals surface area contributed by atoms with Crippen LogP contribution in [0.25, 0.3) is 0 Å². The smallest absolute Gasteiger partial charge is 0.244 e. The Morgan fingerprint density at radius 3 is 2.05 bits per heavy atom. The minimum absolute atomic E-state index is 0.107. The fourth-order valence-electron chi connectivity index (χ4n) is 3.92. The molecular weight excluding hydrogens is 569 g/mol. The van der Waals surface area contributed by atoms with Crippen molar-refractivity contribution in [2.75, 3.05) is 23.7 Å². The first-order valence-electron chi connectivity index (χ1n) is 11.8. The summed E-state index contributed by atoms with van der Waals surface area (Å²) in [4.78, 5) is 28.6. The van der Waals surface area contributed by atoms with Crippen LogP contribution in [-0.4, -0.2) is 50.5 Å². The maximum atomic E-state index is 13.9. The van der Waals surface area contributed by atoms with E-state index >= 15 is 0 Å². The second kappa shape index (κ2) is 13.3. The van der Waals surface area contributed by atoms with E-state index in [-0.39, 0.29) is 24.6 Å². The van der Waals surface area contributed by atoms with E-state index in [1.54, 1.807) is 25.1 Å². The summed E-state index contributed by atoms with van der Waals surface area (Å²) in [5, 5.41) is 3.85. The average molecular weight is 597 g/mol. The highest BCUT2D eigenvalue weighted by Crippen LogP contribution is 2.28. The van der Waals surface area contributed by atoms with Crippen molar-refractivity contribution < 1.29 is 18.0 Å². The van der Waals surface area contributed by atoms with Gasteiger partial charge in [0, 0.05) is 40.1 Å². The Morgan fingerprint density at radius 2 is 1.50 bits per heavy atom. The van der Waals surface area contributed by atoms with Gasteiger partial charge in [-0.15, -0.1) is 0 Å². The summed E-state index contributed by atoms with van der Waals surface area (Å²) in [6.07, 6.45) is 1.20. The number of anilines is 1. The molecule has 3 rings (SSSR count). The lowest BCUT2D eigenvalue weighted by Gasteiger charge is -2.33. The number of nitrogens with one attached hydrogen (secondary N) is 1. The van der Waals surface area contributed by atoms with Gasteiger partial charge in [-0.1, -0.05) is 71.2 Å². The number of nitrogens with zero attached hydrogens (tertiary/aromatic N) is 2. The van der Waals surface area contributed by atoms with Gasteiger partial charge in [-0.25, -0.2) is 8.42 Å². The van der Waals surface area contributed by atoms with Crippen molar-refractivity contribution >= 4 is 62.3 Å². The van der Waals surface area contributed by atoms with E-state index in [4.69, 9.17) is 34.8 Å². The molecule has 0 aliphatic carbocycles. The predicted molar refractivity (Wildman–Crippen MR) is 153 cm³/mol. The van der Waals surface area contributed by atoms with Crippen molar-refractivity contribution in [1.29, 1.82) is 0 Å². The highest BCUT2D eigenvalue weighted by Gasteiger charge is 2.33. The minimum Gasteiger partial charge on any atom is -0.355 e. The Bertz CT molecular complexity index is 1350. The SMILES string of the molecule is CCNC(=O)[C@H](Cc1ccccc1)N(Cc1c(Cl)cccc1Cl)C(=O)CN(c1ccc(Cl)cc1)S(C)(=O)=O. The molecule has 0 heterocycles. The first kappa shape index (κ1) is 29.8. The third kappa shape index (κ3) is 7.86. The highest BCUT2D eigenvalue weighted by atomic mass is 35.5. The van der Waals surface area contributed by atoms with Crippen molar-refractivity contribution in [3.05, 3.63) is 99.0 Å². The number of halogens is 3. The predicted octanol–water partition coefficient (Wildman–Crippen LogP) is 5.19. The summed E-state index contributed by atoms with van der Waals surface area (Å²) in [5.74, 6) is -0.987. The molecule has 1 atom stereocenters. The number of carbonyl (C=O) groups is 2. The molecule has 11 heteroatoms. The van der Waals surface area contributed by atoms with Crippen LogP contribution in [0.5, 0.6) is 0 Å². The minimum atomic E-state index is -3.87. The molecule has 0 radical (unpaired) electrons. The average Bonchev–Trinajstić information content (AvgIpc) is 2.87. The Hall–Kier alpha value is -2.78. The molecule has 0 aliphatic heterocycles. The maximum absolute atomic E-state index is 13.9. The van der Waals surface area contributed by atoms with Crippen LogP contribution >= 0.6 is 34.8 Å². The fraction of sp³-hybridized carbons (Fsp3) is 0.259. The lowest BCUT2D eigenvalue weighted by Crippen LogP contribution is -2.53. The molecular formula is C27H28Cl3N3O4S. The molecule has 202 valence electrons.